The molecular weight excluding hydrogens is 282 g/mol. The van der Waals surface area contributed by atoms with Gasteiger partial charge in [0, 0.05) is 32.7 Å². The molecule has 0 aromatic carbocycles. The van der Waals surface area contributed by atoms with Gasteiger partial charge in [0.2, 0.25) is 5.82 Å². The summed E-state index contributed by atoms with van der Waals surface area (Å²) in [6, 6.07) is 2.11. The summed E-state index contributed by atoms with van der Waals surface area (Å²) in [5.41, 5.74) is -1.85. The third-order valence-corrected chi connectivity index (χ3v) is 2.77. The number of nitro groups is 1. The van der Waals surface area contributed by atoms with Crippen LogP contribution in [0.5, 0.6) is 0 Å². The van der Waals surface area contributed by atoms with Crippen molar-refractivity contribution < 1.29 is 24.7 Å². The zero-order chi connectivity index (χ0) is 16.0. The summed E-state index contributed by atoms with van der Waals surface area (Å²) < 4.78 is 4.85. The number of hydrogen-bond acceptors (Lipinski definition) is 7. The van der Waals surface area contributed by atoms with Crippen LogP contribution in [0.25, 0.3) is 0 Å². The number of aromatic nitrogens is 1. The highest BCUT2D eigenvalue weighted by Crippen LogP contribution is 2.23. The molecule has 0 fully saturated rings. The van der Waals surface area contributed by atoms with Crippen molar-refractivity contribution in [2.24, 2.45) is 0 Å². The number of hydrogen-bond donors (Lipinski definition) is 3. The Morgan fingerprint density at radius 2 is 2.24 bits per heavy atom. The number of nitrogens with one attached hydrogen (secondary N) is 1. The zero-order valence-electron chi connectivity index (χ0n) is 11.7. The number of aromatic carboxylic acids is 1. The van der Waals surface area contributed by atoms with Crippen LogP contribution in [0.15, 0.2) is 12.1 Å². The lowest BCUT2D eigenvalue weighted by atomic mass is 10.0. The van der Waals surface area contributed by atoms with Crippen molar-refractivity contribution in [3.8, 4) is 0 Å². The second kappa shape index (κ2) is 6.95. The van der Waals surface area contributed by atoms with Crippen molar-refractivity contribution in [1.29, 1.82) is 0 Å². The van der Waals surface area contributed by atoms with Crippen LogP contribution < -0.4 is 5.32 Å². The number of anilines is 1. The van der Waals surface area contributed by atoms with Gasteiger partial charge < -0.3 is 20.3 Å². The van der Waals surface area contributed by atoms with E-state index in [1.165, 1.54) is 14.0 Å². The topological polar surface area (TPSA) is 135 Å². The van der Waals surface area contributed by atoms with Gasteiger partial charge >= 0.3 is 11.7 Å². The molecule has 1 atom stereocenters. The molecule has 0 amide bonds. The van der Waals surface area contributed by atoms with Gasteiger partial charge in [0.15, 0.2) is 5.69 Å². The van der Waals surface area contributed by atoms with Gasteiger partial charge in [-0.15, -0.1) is 0 Å². The fraction of sp³-hybridized carbons (Fsp3) is 0.500. The van der Waals surface area contributed by atoms with Crippen molar-refractivity contribution in [3.63, 3.8) is 0 Å². The number of aliphatic hydroxyl groups is 1. The predicted molar refractivity (Wildman–Crippen MR) is 73.5 cm³/mol. The minimum atomic E-state index is -1.29. The van der Waals surface area contributed by atoms with Gasteiger partial charge in [-0.25, -0.2) is 9.78 Å². The standard InChI is InChI=1S/C12H17N3O6/c1-12(18,5-6-21-2)7-13-10-9(15(19)20)4-3-8(14-10)11(16)17/h3-4,18H,5-7H2,1-2H3,(H,13,14)(H,16,17). The summed E-state index contributed by atoms with van der Waals surface area (Å²) in [5.74, 6) is -1.49. The maximum atomic E-state index is 10.9. The summed E-state index contributed by atoms with van der Waals surface area (Å²) in [6.45, 7) is 1.82. The molecule has 0 radical (unpaired) electrons. The maximum Gasteiger partial charge on any atom is 0.354 e. The number of carbonyl (C=O) groups is 1. The Balaban J connectivity index is 2.92. The van der Waals surface area contributed by atoms with Crippen LogP contribution in [-0.4, -0.2) is 52.0 Å². The third kappa shape index (κ3) is 4.97. The lowest BCUT2D eigenvalue weighted by molar-refractivity contribution is -0.384. The highest BCUT2D eigenvalue weighted by atomic mass is 16.6. The normalized spacial score (nSPS) is 13.5. The highest BCUT2D eigenvalue weighted by molar-refractivity contribution is 5.86. The number of carboxylic acid groups (broad SMARTS) is 1. The maximum absolute atomic E-state index is 10.9. The van der Waals surface area contributed by atoms with E-state index in [-0.39, 0.29) is 23.7 Å². The van der Waals surface area contributed by atoms with Crippen LogP contribution in [0.2, 0.25) is 0 Å². The Morgan fingerprint density at radius 3 is 2.76 bits per heavy atom. The minimum Gasteiger partial charge on any atom is -0.477 e. The number of pyridine rings is 1. The molecular formula is C12H17N3O6. The van der Waals surface area contributed by atoms with E-state index >= 15 is 0 Å². The van der Waals surface area contributed by atoms with Gasteiger partial charge in [-0.3, -0.25) is 10.1 Å². The monoisotopic (exact) mass is 299 g/mol. The molecule has 1 rings (SSSR count). The Hall–Kier alpha value is -2.26. The number of carboxylic acids is 1. The number of ether oxygens (including phenoxy) is 1. The average molecular weight is 299 g/mol. The second-order valence-corrected chi connectivity index (χ2v) is 4.72. The molecule has 0 saturated heterocycles. The molecule has 0 aliphatic carbocycles. The molecule has 3 N–H and O–H groups in total. The van der Waals surface area contributed by atoms with Gasteiger partial charge in [0.1, 0.15) is 0 Å². The SMILES string of the molecule is COCCC(C)(O)CNc1nc(C(=O)O)ccc1[N+](=O)[O-]. The first-order valence-electron chi connectivity index (χ1n) is 6.11. The van der Waals surface area contributed by atoms with Crippen molar-refractivity contribution in [1.82, 2.24) is 4.98 Å². The van der Waals surface area contributed by atoms with Crippen LogP contribution in [0.1, 0.15) is 23.8 Å². The predicted octanol–water partition coefficient (Wildman–Crippen LogP) is 0.887. The summed E-state index contributed by atoms with van der Waals surface area (Å²) >= 11 is 0. The number of rotatable bonds is 8. The van der Waals surface area contributed by atoms with Gasteiger partial charge in [0.05, 0.1) is 10.5 Å². The Morgan fingerprint density at radius 1 is 1.57 bits per heavy atom. The van der Waals surface area contributed by atoms with Gasteiger partial charge in [-0.05, 0) is 13.0 Å². The van der Waals surface area contributed by atoms with E-state index in [4.69, 9.17) is 9.84 Å². The van der Waals surface area contributed by atoms with E-state index in [0.29, 0.717) is 13.0 Å². The Bertz CT molecular complexity index is 532. The van der Waals surface area contributed by atoms with Gasteiger partial charge in [0.25, 0.3) is 0 Å². The van der Waals surface area contributed by atoms with Crippen LogP contribution in [0.3, 0.4) is 0 Å². The van der Waals surface area contributed by atoms with E-state index in [2.05, 4.69) is 10.3 Å². The molecule has 0 aliphatic rings. The lowest BCUT2D eigenvalue weighted by Crippen LogP contribution is -2.35. The molecule has 1 aromatic rings. The highest BCUT2D eigenvalue weighted by Gasteiger charge is 2.23. The molecule has 1 aromatic heterocycles. The van der Waals surface area contributed by atoms with Gasteiger partial charge in [-0.1, -0.05) is 0 Å². The van der Waals surface area contributed by atoms with Gasteiger partial charge in [-0.2, -0.15) is 0 Å². The molecule has 9 nitrogen and oxygen atoms in total. The van der Waals surface area contributed by atoms with Crippen molar-refractivity contribution in [2.45, 2.75) is 18.9 Å². The van der Waals surface area contributed by atoms with Crippen LogP contribution in [-0.2, 0) is 4.74 Å². The fourth-order valence-electron chi connectivity index (χ4n) is 1.53. The number of nitrogens with zero attached hydrogens (tertiary/aromatic N) is 2. The molecule has 0 saturated carbocycles. The van der Waals surface area contributed by atoms with E-state index < -0.39 is 16.5 Å². The summed E-state index contributed by atoms with van der Waals surface area (Å²) in [7, 11) is 1.49. The van der Waals surface area contributed by atoms with Crippen LogP contribution in [0.4, 0.5) is 11.5 Å². The first-order chi connectivity index (χ1) is 9.76. The second-order valence-electron chi connectivity index (χ2n) is 4.72. The molecule has 1 heterocycles. The lowest BCUT2D eigenvalue weighted by Gasteiger charge is -2.23. The van der Waals surface area contributed by atoms with Crippen LogP contribution >= 0.6 is 0 Å². The minimum absolute atomic E-state index is 0.0345. The Kier molecular flexibility index (Phi) is 5.56. The average Bonchev–Trinajstić information content (AvgIpc) is 2.42. The third-order valence-electron chi connectivity index (χ3n) is 2.77. The first kappa shape index (κ1) is 16.8. The van der Waals surface area contributed by atoms with Crippen LogP contribution in [0, 0.1) is 10.1 Å². The molecule has 0 aliphatic heterocycles. The molecule has 21 heavy (non-hydrogen) atoms. The van der Waals surface area contributed by atoms with Crippen molar-refractivity contribution >= 4 is 17.5 Å². The summed E-state index contributed by atoms with van der Waals surface area (Å²) in [5, 5.41) is 32.4. The molecule has 1 unspecified atom stereocenters. The first-order valence-corrected chi connectivity index (χ1v) is 6.11. The molecule has 0 spiro atoms. The number of methoxy groups -OCH3 is 1. The summed E-state index contributed by atoms with van der Waals surface area (Å²) in [4.78, 5) is 24.8. The smallest absolute Gasteiger partial charge is 0.354 e. The van der Waals surface area contributed by atoms with E-state index in [9.17, 15) is 20.0 Å². The zero-order valence-corrected chi connectivity index (χ0v) is 11.7. The quantitative estimate of drug-likeness (QED) is 0.475. The molecule has 9 heteroatoms. The van der Waals surface area contributed by atoms with Crippen molar-refractivity contribution in [3.05, 3.63) is 27.9 Å². The fourth-order valence-corrected chi connectivity index (χ4v) is 1.53. The molecule has 116 valence electrons. The van der Waals surface area contributed by atoms with E-state index in [1.54, 1.807) is 0 Å². The van der Waals surface area contributed by atoms with E-state index in [1.807, 2.05) is 0 Å². The Labute approximate surface area is 120 Å². The van der Waals surface area contributed by atoms with Crippen molar-refractivity contribution in [2.75, 3.05) is 25.6 Å². The largest absolute Gasteiger partial charge is 0.477 e. The summed E-state index contributed by atoms with van der Waals surface area (Å²) in [6.07, 6.45) is 0.308. The van der Waals surface area contributed by atoms with E-state index in [0.717, 1.165) is 12.1 Å². The molecule has 0 bridgehead atoms.